The number of hydrogen-bond donors (Lipinski definition) is 1. The van der Waals surface area contributed by atoms with Crippen molar-refractivity contribution in [3.8, 4) is 17.4 Å². The van der Waals surface area contributed by atoms with E-state index in [9.17, 15) is 9.18 Å². The zero-order chi connectivity index (χ0) is 16.6. The van der Waals surface area contributed by atoms with Gasteiger partial charge in [-0.15, -0.1) is 0 Å². The van der Waals surface area contributed by atoms with E-state index in [1.54, 1.807) is 6.08 Å². The van der Waals surface area contributed by atoms with E-state index in [1.165, 1.54) is 12.1 Å². The van der Waals surface area contributed by atoms with Gasteiger partial charge in [0.25, 0.3) is 0 Å². The molecule has 2 heterocycles. The molecule has 0 aliphatic carbocycles. The number of nitrogens with zero attached hydrogens (tertiary/aromatic N) is 1. The van der Waals surface area contributed by atoms with Crippen LogP contribution in [0.1, 0.15) is 25.8 Å². The van der Waals surface area contributed by atoms with Gasteiger partial charge in [-0.3, -0.25) is 0 Å². The van der Waals surface area contributed by atoms with Crippen molar-refractivity contribution in [2.24, 2.45) is 5.92 Å². The number of aromatic nitrogens is 2. The first-order chi connectivity index (χ1) is 10.9. The van der Waals surface area contributed by atoms with Crippen LogP contribution in [0.25, 0.3) is 12.7 Å². The van der Waals surface area contributed by atoms with Gasteiger partial charge in [0.2, 0.25) is 5.88 Å². The molecule has 1 aliphatic rings. The molecule has 1 aliphatic heterocycles. The number of fused-ring (bicyclic) bond motifs is 2. The Kier molecular flexibility index (Phi) is 3.90. The van der Waals surface area contributed by atoms with E-state index in [1.807, 2.05) is 0 Å². The first kappa shape index (κ1) is 15.3. The van der Waals surface area contributed by atoms with Crippen LogP contribution in [0.2, 0.25) is 0 Å². The largest absolute Gasteiger partial charge is 0.490 e. The van der Waals surface area contributed by atoms with Crippen LogP contribution < -0.4 is 25.7 Å². The minimum Gasteiger partial charge on any atom is -0.490 e. The Hall–Kier alpha value is -2.63. The van der Waals surface area contributed by atoms with Crippen molar-refractivity contribution in [3.05, 3.63) is 44.6 Å². The Bertz CT molecular complexity index is 919. The van der Waals surface area contributed by atoms with Gasteiger partial charge in [-0.2, -0.15) is 4.98 Å². The normalized spacial score (nSPS) is 12.2. The van der Waals surface area contributed by atoms with Crippen LogP contribution in [0.3, 0.4) is 0 Å². The summed E-state index contributed by atoms with van der Waals surface area (Å²) < 4.78 is 25.2. The van der Waals surface area contributed by atoms with Crippen molar-refractivity contribution in [1.82, 2.24) is 9.97 Å². The Labute approximate surface area is 132 Å². The van der Waals surface area contributed by atoms with E-state index < -0.39 is 11.5 Å². The van der Waals surface area contributed by atoms with Gasteiger partial charge < -0.3 is 14.5 Å². The molecule has 0 bridgehead atoms. The topological polar surface area (TPSA) is 64.2 Å². The van der Waals surface area contributed by atoms with Crippen LogP contribution in [0, 0.1) is 11.7 Å². The van der Waals surface area contributed by atoms with E-state index >= 15 is 0 Å². The van der Waals surface area contributed by atoms with Crippen LogP contribution in [-0.2, 0) is 0 Å². The van der Waals surface area contributed by atoms with Gasteiger partial charge in [0.05, 0.1) is 11.8 Å². The van der Waals surface area contributed by atoms with Crippen LogP contribution in [0.4, 0.5) is 4.39 Å². The van der Waals surface area contributed by atoms with Crippen molar-refractivity contribution in [3.63, 3.8) is 0 Å². The summed E-state index contributed by atoms with van der Waals surface area (Å²) >= 11 is 0. The lowest BCUT2D eigenvalue weighted by Crippen LogP contribution is -2.37. The number of rotatable bonds is 4. The standard InChI is InChI=1S/C17H17FN2O3/c1-9(2)4-5-22-15-8-14-11(7-13(15)18)6-12-10(3)19-17(21)20-16(12)23-14/h6-9H,3-5H2,1-2H3,(H,19,21). The number of hydrogen-bond acceptors (Lipinski definition) is 4. The quantitative estimate of drug-likeness (QED) is 0.795. The van der Waals surface area contributed by atoms with Crippen molar-refractivity contribution in [2.75, 3.05) is 6.61 Å². The summed E-state index contributed by atoms with van der Waals surface area (Å²) in [5.41, 5.74) is 0.00563. The average molecular weight is 316 g/mol. The van der Waals surface area contributed by atoms with E-state index in [2.05, 4.69) is 30.4 Å². The monoisotopic (exact) mass is 316 g/mol. The molecule has 0 saturated heterocycles. The van der Waals surface area contributed by atoms with E-state index in [4.69, 9.17) is 9.47 Å². The summed E-state index contributed by atoms with van der Waals surface area (Å²) in [7, 11) is 0. The molecule has 1 aromatic heterocycles. The number of nitrogens with one attached hydrogen (secondary N) is 1. The molecule has 0 spiro atoms. The third kappa shape index (κ3) is 3.11. The molecule has 0 atom stereocenters. The van der Waals surface area contributed by atoms with Gasteiger partial charge >= 0.3 is 5.69 Å². The first-order valence-corrected chi connectivity index (χ1v) is 7.39. The van der Waals surface area contributed by atoms with E-state index in [-0.39, 0.29) is 11.6 Å². The Balaban J connectivity index is 1.98. The SMILES string of the molecule is C=c1[nH]c(=O)nc2c1=Cc1cc(F)c(OCCC(C)C)cc1O2. The van der Waals surface area contributed by atoms with E-state index in [0.29, 0.717) is 34.4 Å². The molecule has 0 amide bonds. The molecular weight excluding hydrogens is 299 g/mol. The maximum atomic E-state index is 14.2. The number of halogens is 1. The summed E-state index contributed by atoms with van der Waals surface area (Å²) in [6.07, 6.45) is 2.51. The molecule has 0 fully saturated rings. The zero-order valence-corrected chi connectivity index (χ0v) is 13.0. The van der Waals surface area contributed by atoms with Crippen molar-refractivity contribution in [1.29, 1.82) is 0 Å². The maximum Gasteiger partial charge on any atom is 0.348 e. The predicted octanol–water partition coefficient (Wildman–Crippen LogP) is 1.68. The average Bonchev–Trinajstić information content (AvgIpc) is 2.46. The highest BCUT2D eigenvalue weighted by molar-refractivity contribution is 5.63. The highest BCUT2D eigenvalue weighted by atomic mass is 19.1. The van der Waals surface area contributed by atoms with Gasteiger partial charge in [-0.05, 0) is 24.5 Å². The fourth-order valence-electron chi connectivity index (χ4n) is 2.26. The second-order valence-corrected chi connectivity index (χ2v) is 5.84. The lowest BCUT2D eigenvalue weighted by atomic mass is 10.1. The second kappa shape index (κ2) is 5.87. The zero-order valence-electron chi connectivity index (χ0n) is 13.0. The molecule has 2 aromatic rings. The highest BCUT2D eigenvalue weighted by Crippen LogP contribution is 2.32. The third-order valence-corrected chi connectivity index (χ3v) is 3.54. The summed E-state index contributed by atoms with van der Waals surface area (Å²) in [5.74, 6) is 0.695. The minimum atomic E-state index is -0.541. The number of ether oxygens (including phenoxy) is 2. The molecular formula is C17H17FN2O3. The fraction of sp³-hybridized carbons (Fsp3) is 0.294. The fourth-order valence-corrected chi connectivity index (χ4v) is 2.26. The van der Waals surface area contributed by atoms with Crippen molar-refractivity contribution < 1.29 is 13.9 Å². The number of aromatic amines is 1. The third-order valence-electron chi connectivity index (χ3n) is 3.54. The molecule has 3 rings (SSSR count). The predicted molar refractivity (Wildman–Crippen MR) is 84.6 cm³/mol. The van der Waals surface area contributed by atoms with Gasteiger partial charge in [-0.1, -0.05) is 20.4 Å². The van der Waals surface area contributed by atoms with Crippen LogP contribution in [0.15, 0.2) is 16.9 Å². The smallest absolute Gasteiger partial charge is 0.348 e. The Morgan fingerprint density at radius 1 is 1.43 bits per heavy atom. The lowest BCUT2D eigenvalue weighted by Gasteiger charge is -2.16. The highest BCUT2D eigenvalue weighted by Gasteiger charge is 2.17. The Morgan fingerprint density at radius 3 is 2.96 bits per heavy atom. The Morgan fingerprint density at radius 2 is 2.22 bits per heavy atom. The van der Waals surface area contributed by atoms with Crippen molar-refractivity contribution in [2.45, 2.75) is 20.3 Å². The summed E-state index contributed by atoms with van der Waals surface area (Å²) in [6, 6.07) is 2.82. The second-order valence-electron chi connectivity index (χ2n) is 5.84. The maximum absolute atomic E-state index is 14.2. The molecule has 120 valence electrons. The molecule has 1 N–H and O–H groups in total. The van der Waals surface area contributed by atoms with Gasteiger partial charge in [-0.25, -0.2) is 9.18 Å². The van der Waals surface area contributed by atoms with Crippen molar-refractivity contribution >= 4 is 12.7 Å². The minimum absolute atomic E-state index is 0.126. The number of benzene rings is 1. The van der Waals surface area contributed by atoms with Gasteiger partial charge in [0.15, 0.2) is 11.6 Å². The van der Waals surface area contributed by atoms with E-state index in [0.717, 1.165) is 6.42 Å². The molecule has 0 radical (unpaired) electrons. The molecule has 0 saturated carbocycles. The number of H-pyrrole nitrogens is 1. The molecule has 1 aromatic carbocycles. The summed E-state index contributed by atoms with van der Waals surface area (Å²) in [6.45, 7) is 8.31. The lowest BCUT2D eigenvalue weighted by molar-refractivity contribution is 0.275. The first-order valence-electron chi connectivity index (χ1n) is 7.39. The molecule has 23 heavy (non-hydrogen) atoms. The van der Waals surface area contributed by atoms with Crippen LogP contribution in [-0.4, -0.2) is 16.6 Å². The summed E-state index contributed by atoms with van der Waals surface area (Å²) in [5, 5.41) is 0.910. The summed E-state index contributed by atoms with van der Waals surface area (Å²) in [4.78, 5) is 17.7. The molecule has 0 unspecified atom stereocenters. The molecule has 5 nitrogen and oxygen atoms in total. The van der Waals surface area contributed by atoms with Gasteiger partial charge in [0, 0.05) is 17.0 Å². The van der Waals surface area contributed by atoms with Crippen LogP contribution >= 0.6 is 0 Å². The van der Waals surface area contributed by atoms with Crippen LogP contribution in [0.5, 0.6) is 17.4 Å². The molecule has 6 heteroatoms. The van der Waals surface area contributed by atoms with Gasteiger partial charge in [0.1, 0.15) is 5.75 Å².